The summed E-state index contributed by atoms with van der Waals surface area (Å²) in [7, 11) is 0. The van der Waals surface area contributed by atoms with Crippen LogP contribution in [0.3, 0.4) is 0 Å². The maximum absolute atomic E-state index is 11.6. The Hall–Kier alpha value is -6.78. The summed E-state index contributed by atoms with van der Waals surface area (Å²) in [5.74, 6) is 10.8. The van der Waals surface area contributed by atoms with E-state index in [-0.39, 0.29) is 26.4 Å². The number of carbonyl (C=O) groups is 4. The van der Waals surface area contributed by atoms with Crippen LogP contribution >= 0.6 is 0 Å². The van der Waals surface area contributed by atoms with Crippen molar-refractivity contribution in [1.29, 1.82) is 0 Å². The molecule has 0 spiro atoms. The lowest BCUT2D eigenvalue weighted by Crippen LogP contribution is -2.30. The van der Waals surface area contributed by atoms with Crippen LogP contribution in [-0.2, 0) is 38.1 Å². The van der Waals surface area contributed by atoms with Crippen LogP contribution in [0.1, 0.15) is 22.3 Å². The van der Waals surface area contributed by atoms with Gasteiger partial charge in [-0.05, 0) is 72.8 Å². The van der Waals surface area contributed by atoms with Gasteiger partial charge in [-0.15, -0.1) is 0 Å². The highest BCUT2D eigenvalue weighted by Crippen LogP contribution is 2.15. The number of hydrogen-bond acceptors (Lipinski definition) is 10. The molecular formula is C40H34O10. The van der Waals surface area contributed by atoms with E-state index in [1.54, 1.807) is 48.5 Å². The molecule has 0 fully saturated rings. The minimum atomic E-state index is -0.831. The van der Waals surface area contributed by atoms with Crippen molar-refractivity contribution in [3.05, 3.63) is 146 Å². The molecule has 3 aromatic rings. The third kappa shape index (κ3) is 13.9. The lowest BCUT2D eigenvalue weighted by molar-refractivity contribution is -0.154. The zero-order chi connectivity index (χ0) is 36.1. The smallest absolute Gasteiger partial charge is 0.330 e. The van der Waals surface area contributed by atoms with E-state index in [0.717, 1.165) is 46.6 Å². The van der Waals surface area contributed by atoms with Gasteiger partial charge in [0.25, 0.3) is 0 Å². The van der Waals surface area contributed by atoms with Gasteiger partial charge in [0, 0.05) is 46.6 Å². The van der Waals surface area contributed by atoms with Crippen LogP contribution in [0, 0.1) is 23.7 Å². The molecule has 0 aliphatic carbocycles. The molecule has 2 atom stereocenters. The van der Waals surface area contributed by atoms with Crippen molar-refractivity contribution in [2.45, 2.75) is 12.2 Å². The molecular weight excluding hydrogens is 640 g/mol. The normalized spacial score (nSPS) is 10.9. The van der Waals surface area contributed by atoms with Gasteiger partial charge >= 0.3 is 23.9 Å². The van der Waals surface area contributed by atoms with Gasteiger partial charge in [-0.3, -0.25) is 0 Å². The molecule has 10 nitrogen and oxygen atoms in total. The number of rotatable bonds is 16. The van der Waals surface area contributed by atoms with Gasteiger partial charge in [-0.1, -0.05) is 50.0 Å². The molecule has 0 bridgehead atoms. The first kappa shape index (κ1) is 37.7. The second-order valence-corrected chi connectivity index (χ2v) is 9.94. The zero-order valence-corrected chi connectivity index (χ0v) is 27.1. The highest BCUT2D eigenvalue weighted by Gasteiger charge is 2.17. The van der Waals surface area contributed by atoms with Gasteiger partial charge in [0.15, 0.2) is 12.2 Å². The number of esters is 4. The van der Waals surface area contributed by atoms with Crippen molar-refractivity contribution >= 4 is 23.9 Å². The van der Waals surface area contributed by atoms with Gasteiger partial charge in [-0.25, -0.2) is 19.2 Å². The molecule has 0 amide bonds. The number of carbonyl (C=O) groups excluding carboxylic acids is 4. The van der Waals surface area contributed by atoms with E-state index in [9.17, 15) is 19.2 Å². The molecule has 0 radical (unpaired) electrons. The lowest BCUT2D eigenvalue weighted by atomic mass is 10.1. The van der Waals surface area contributed by atoms with Gasteiger partial charge in [-0.2, -0.15) is 0 Å². The molecule has 3 rings (SSSR count). The Morgan fingerprint density at radius 2 is 0.740 bits per heavy atom. The van der Waals surface area contributed by atoms with Gasteiger partial charge in [0.2, 0.25) is 0 Å². The second kappa shape index (κ2) is 20.5. The Morgan fingerprint density at radius 3 is 1.02 bits per heavy atom. The highest BCUT2D eigenvalue weighted by atomic mass is 16.6. The summed E-state index contributed by atoms with van der Waals surface area (Å²) in [5.41, 5.74) is 3.12. The van der Waals surface area contributed by atoms with Crippen molar-refractivity contribution in [2.75, 3.05) is 26.4 Å². The Morgan fingerprint density at radius 1 is 0.460 bits per heavy atom. The molecule has 50 heavy (non-hydrogen) atoms. The van der Waals surface area contributed by atoms with Crippen LogP contribution in [0.4, 0.5) is 0 Å². The van der Waals surface area contributed by atoms with E-state index in [1.807, 2.05) is 24.3 Å². The quantitative estimate of drug-likeness (QED) is 0.0898. The summed E-state index contributed by atoms with van der Waals surface area (Å²) < 4.78 is 31.6. The number of hydrogen-bond donors (Lipinski definition) is 0. The SMILES string of the molecule is C=CC(=O)OCC(COc1ccc(C#Cc2ccc(C#Cc3ccc(OCC(COC(=O)C=C)OC(=O)C=C)cc3)cc2)cc1)OC(=O)C=C. The molecule has 0 saturated heterocycles. The molecule has 3 aromatic carbocycles. The van der Waals surface area contributed by atoms with Gasteiger partial charge in [0.1, 0.15) is 37.9 Å². The van der Waals surface area contributed by atoms with Gasteiger partial charge < -0.3 is 28.4 Å². The molecule has 254 valence electrons. The summed E-state index contributed by atoms with van der Waals surface area (Å²) in [4.78, 5) is 45.9. The van der Waals surface area contributed by atoms with Crippen molar-refractivity contribution < 1.29 is 47.6 Å². The van der Waals surface area contributed by atoms with E-state index >= 15 is 0 Å². The molecule has 0 saturated carbocycles. The first-order chi connectivity index (χ1) is 24.2. The molecule has 0 aliphatic rings. The topological polar surface area (TPSA) is 124 Å². The zero-order valence-electron chi connectivity index (χ0n) is 27.1. The Labute approximate surface area is 290 Å². The second-order valence-electron chi connectivity index (χ2n) is 9.94. The summed E-state index contributed by atoms with van der Waals surface area (Å²) in [5, 5.41) is 0. The largest absolute Gasteiger partial charge is 0.490 e. The summed E-state index contributed by atoms with van der Waals surface area (Å²) in [6.07, 6.45) is 2.39. The van der Waals surface area contributed by atoms with E-state index in [0.29, 0.717) is 11.5 Å². The Bertz CT molecular complexity index is 1660. The van der Waals surface area contributed by atoms with Crippen molar-refractivity contribution in [3.63, 3.8) is 0 Å². The van der Waals surface area contributed by atoms with E-state index in [4.69, 9.17) is 28.4 Å². The third-order valence-corrected chi connectivity index (χ3v) is 6.22. The highest BCUT2D eigenvalue weighted by molar-refractivity contribution is 5.82. The summed E-state index contributed by atoms with van der Waals surface area (Å²) >= 11 is 0. The van der Waals surface area contributed by atoms with Crippen molar-refractivity contribution in [1.82, 2.24) is 0 Å². The minimum absolute atomic E-state index is 0.0427. The summed E-state index contributed by atoms with van der Waals surface area (Å²) in [6.45, 7) is 12.9. The van der Waals surface area contributed by atoms with Crippen LogP contribution in [0.25, 0.3) is 0 Å². The first-order valence-electron chi connectivity index (χ1n) is 15.1. The molecule has 10 heteroatoms. The fourth-order valence-corrected chi connectivity index (χ4v) is 3.70. The average molecular weight is 675 g/mol. The molecule has 2 unspecified atom stereocenters. The van der Waals surface area contributed by atoms with Crippen LogP contribution in [0.2, 0.25) is 0 Å². The molecule has 0 aliphatic heterocycles. The summed E-state index contributed by atoms with van der Waals surface area (Å²) in [6, 6.07) is 21.6. The van der Waals surface area contributed by atoms with Crippen molar-refractivity contribution in [2.24, 2.45) is 0 Å². The molecule has 0 aromatic heterocycles. The predicted octanol–water partition coefficient (Wildman–Crippen LogP) is 4.90. The maximum atomic E-state index is 11.6. The van der Waals surface area contributed by atoms with Crippen molar-refractivity contribution in [3.8, 4) is 35.2 Å². The van der Waals surface area contributed by atoms with Crippen LogP contribution in [0.15, 0.2) is 123 Å². The monoisotopic (exact) mass is 674 g/mol. The van der Waals surface area contributed by atoms with Crippen LogP contribution in [0.5, 0.6) is 11.5 Å². The number of benzene rings is 3. The molecule has 0 N–H and O–H groups in total. The van der Waals surface area contributed by atoms with E-state index < -0.39 is 36.1 Å². The lowest BCUT2D eigenvalue weighted by Gasteiger charge is -2.17. The Kier molecular flexibility index (Phi) is 15.4. The molecule has 0 heterocycles. The fourth-order valence-electron chi connectivity index (χ4n) is 3.70. The minimum Gasteiger partial charge on any atom is -0.490 e. The fraction of sp³-hybridized carbons (Fsp3) is 0.150. The average Bonchev–Trinajstić information content (AvgIpc) is 3.15. The van der Waals surface area contributed by atoms with Crippen LogP contribution < -0.4 is 9.47 Å². The van der Waals surface area contributed by atoms with Gasteiger partial charge in [0.05, 0.1) is 0 Å². The Balaban J connectivity index is 1.52. The third-order valence-electron chi connectivity index (χ3n) is 6.22. The van der Waals surface area contributed by atoms with Crippen LogP contribution in [-0.4, -0.2) is 62.5 Å². The van der Waals surface area contributed by atoms with E-state index in [2.05, 4.69) is 50.0 Å². The predicted molar refractivity (Wildman–Crippen MR) is 185 cm³/mol. The first-order valence-corrected chi connectivity index (χ1v) is 15.1. The number of ether oxygens (including phenoxy) is 6. The maximum Gasteiger partial charge on any atom is 0.330 e. The standard InChI is InChI=1S/C40H34O10/c1-5-37(41)47-27-35(49-39(43)7-3)25-45-33-21-17-31(18-22-33)15-13-29-9-11-30(12-10-29)14-16-32-19-23-34(24-20-32)46-26-36(50-40(44)8-4)28-48-38(42)6-2/h5-12,17-24,35-36H,1-4,25-28H2. The van der Waals surface area contributed by atoms with E-state index in [1.165, 1.54) is 0 Å².